The maximum absolute atomic E-state index is 12.6. The number of para-hydroxylation sites is 2. The number of benzene rings is 1. The molecule has 4 N–H and O–H groups in total. The largest absolute Gasteiger partial charge is 0.369 e. The molecule has 1 atom stereocenters. The summed E-state index contributed by atoms with van der Waals surface area (Å²) in [6.07, 6.45) is 1.17. The molecular formula is C17H24N4O2. The van der Waals surface area contributed by atoms with Crippen LogP contribution in [0.15, 0.2) is 24.3 Å². The summed E-state index contributed by atoms with van der Waals surface area (Å²) >= 11 is 0. The molecule has 23 heavy (non-hydrogen) atoms. The van der Waals surface area contributed by atoms with Crippen LogP contribution in [0.3, 0.4) is 0 Å². The molecule has 2 aliphatic rings. The fourth-order valence-corrected chi connectivity index (χ4v) is 3.21. The molecule has 2 heterocycles. The smallest absolute Gasteiger partial charge is 0.250 e. The van der Waals surface area contributed by atoms with Crippen molar-refractivity contribution < 1.29 is 9.59 Å². The Hall–Kier alpha value is -2.08. The van der Waals surface area contributed by atoms with E-state index in [1.165, 1.54) is 0 Å². The molecular weight excluding hydrogens is 292 g/mol. The van der Waals surface area contributed by atoms with E-state index in [0.717, 1.165) is 11.4 Å². The second-order valence-corrected chi connectivity index (χ2v) is 6.80. The minimum absolute atomic E-state index is 0.0172. The van der Waals surface area contributed by atoms with Crippen LogP contribution in [0.5, 0.6) is 0 Å². The Balaban J connectivity index is 1.71. The van der Waals surface area contributed by atoms with Gasteiger partial charge in [-0.05, 0) is 30.9 Å². The lowest BCUT2D eigenvalue weighted by Gasteiger charge is -2.44. The highest BCUT2D eigenvalue weighted by Gasteiger charge is 2.45. The predicted molar refractivity (Wildman–Crippen MR) is 90.1 cm³/mol. The number of nitrogens with two attached hydrogens (primary N) is 1. The quantitative estimate of drug-likeness (QED) is 0.769. The molecule has 1 spiro atoms. The highest BCUT2D eigenvalue weighted by Crippen LogP contribution is 2.36. The maximum Gasteiger partial charge on any atom is 0.250 e. The fraction of sp³-hybridized carbons (Fsp3) is 0.529. The van der Waals surface area contributed by atoms with E-state index in [1.807, 2.05) is 38.1 Å². The molecule has 1 aromatic carbocycles. The number of anilines is 2. The normalized spacial score (nSPS) is 20.7. The highest BCUT2D eigenvalue weighted by molar-refractivity contribution is 6.06. The number of hydrogen-bond donors (Lipinski definition) is 3. The SMILES string of the molecule is CC(C)C(N)C(=O)N1CCC2(CC1)Nc1ccccc1NC2=O. The van der Waals surface area contributed by atoms with Gasteiger partial charge in [0.25, 0.3) is 0 Å². The molecule has 0 bridgehead atoms. The molecule has 0 saturated carbocycles. The van der Waals surface area contributed by atoms with Crippen LogP contribution in [0.4, 0.5) is 11.4 Å². The van der Waals surface area contributed by atoms with E-state index in [9.17, 15) is 9.59 Å². The second kappa shape index (κ2) is 5.85. The first kappa shape index (κ1) is 15.8. The van der Waals surface area contributed by atoms with Crippen LogP contribution < -0.4 is 16.4 Å². The fourth-order valence-electron chi connectivity index (χ4n) is 3.21. The highest BCUT2D eigenvalue weighted by atomic mass is 16.2. The molecule has 1 fully saturated rings. The molecule has 0 aliphatic carbocycles. The molecule has 6 nitrogen and oxygen atoms in total. The van der Waals surface area contributed by atoms with E-state index in [2.05, 4.69) is 10.6 Å². The van der Waals surface area contributed by atoms with Gasteiger partial charge in [-0.3, -0.25) is 9.59 Å². The Kier molecular flexibility index (Phi) is 4.02. The van der Waals surface area contributed by atoms with Gasteiger partial charge in [-0.2, -0.15) is 0 Å². The van der Waals surface area contributed by atoms with Crippen molar-refractivity contribution >= 4 is 23.2 Å². The van der Waals surface area contributed by atoms with Crippen molar-refractivity contribution in [1.29, 1.82) is 0 Å². The Morgan fingerprint density at radius 2 is 1.83 bits per heavy atom. The third-order valence-corrected chi connectivity index (χ3v) is 4.92. The van der Waals surface area contributed by atoms with Gasteiger partial charge in [-0.15, -0.1) is 0 Å². The summed E-state index contributed by atoms with van der Waals surface area (Å²) in [6, 6.07) is 7.21. The zero-order valence-corrected chi connectivity index (χ0v) is 13.6. The van der Waals surface area contributed by atoms with Crippen molar-refractivity contribution in [2.45, 2.75) is 38.3 Å². The van der Waals surface area contributed by atoms with Crippen LogP contribution in [0.1, 0.15) is 26.7 Å². The van der Waals surface area contributed by atoms with Gasteiger partial charge in [0.15, 0.2) is 0 Å². The average Bonchev–Trinajstić information content (AvgIpc) is 2.55. The number of rotatable bonds is 2. The Bertz CT molecular complexity index is 621. The first-order chi connectivity index (χ1) is 10.9. The molecule has 1 aromatic rings. The van der Waals surface area contributed by atoms with Gasteiger partial charge in [0.1, 0.15) is 5.54 Å². The number of carbonyl (C=O) groups excluding carboxylic acids is 2. The van der Waals surface area contributed by atoms with Gasteiger partial charge in [0.2, 0.25) is 11.8 Å². The summed E-state index contributed by atoms with van der Waals surface area (Å²) in [7, 11) is 0. The summed E-state index contributed by atoms with van der Waals surface area (Å²) in [5.41, 5.74) is 7.08. The van der Waals surface area contributed by atoms with Crippen molar-refractivity contribution in [1.82, 2.24) is 4.90 Å². The number of likely N-dealkylation sites (tertiary alicyclic amines) is 1. The van der Waals surface area contributed by atoms with E-state index in [4.69, 9.17) is 5.73 Å². The van der Waals surface area contributed by atoms with Crippen LogP contribution in [0, 0.1) is 5.92 Å². The number of nitrogens with one attached hydrogen (secondary N) is 2. The lowest BCUT2D eigenvalue weighted by atomic mass is 9.84. The lowest BCUT2D eigenvalue weighted by Crippen LogP contribution is -2.60. The number of hydrogen-bond acceptors (Lipinski definition) is 4. The van der Waals surface area contributed by atoms with E-state index < -0.39 is 11.6 Å². The zero-order valence-electron chi connectivity index (χ0n) is 13.6. The van der Waals surface area contributed by atoms with Crippen LogP contribution in [-0.4, -0.2) is 41.4 Å². The number of nitrogens with zero attached hydrogens (tertiary/aromatic N) is 1. The average molecular weight is 316 g/mol. The molecule has 0 aromatic heterocycles. The summed E-state index contributed by atoms with van der Waals surface area (Å²) < 4.78 is 0. The van der Waals surface area contributed by atoms with E-state index in [0.29, 0.717) is 25.9 Å². The Morgan fingerprint density at radius 3 is 2.43 bits per heavy atom. The molecule has 1 saturated heterocycles. The summed E-state index contributed by atoms with van der Waals surface area (Å²) in [5.74, 6) is 0.0734. The van der Waals surface area contributed by atoms with Gasteiger partial charge in [0.05, 0.1) is 17.4 Å². The molecule has 1 unspecified atom stereocenters. The molecule has 3 rings (SSSR count). The summed E-state index contributed by atoms with van der Waals surface area (Å²) in [4.78, 5) is 26.7. The van der Waals surface area contributed by atoms with Crippen molar-refractivity contribution in [2.75, 3.05) is 23.7 Å². The van der Waals surface area contributed by atoms with Gasteiger partial charge in [-0.25, -0.2) is 0 Å². The first-order valence-electron chi connectivity index (χ1n) is 8.16. The summed E-state index contributed by atoms with van der Waals surface area (Å²) in [5, 5.41) is 6.37. The van der Waals surface area contributed by atoms with Crippen LogP contribution in [0.25, 0.3) is 0 Å². The minimum atomic E-state index is -0.632. The first-order valence-corrected chi connectivity index (χ1v) is 8.16. The zero-order chi connectivity index (χ0) is 16.6. The van der Waals surface area contributed by atoms with Crippen molar-refractivity contribution in [3.05, 3.63) is 24.3 Å². The second-order valence-electron chi connectivity index (χ2n) is 6.80. The summed E-state index contributed by atoms with van der Waals surface area (Å²) in [6.45, 7) is 4.98. The molecule has 2 aliphatic heterocycles. The lowest BCUT2D eigenvalue weighted by molar-refractivity contribution is -0.136. The third kappa shape index (κ3) is 2.79. The molecule has 124 valence electrons. The Morgan fingerprint density at radius 1 is 1.22 bits per heavy atom. The van der Waals surface area contributed by atoms with E-state index in [-0.39, 0.29) is 17.7 Å². The van der Waals surface area contributed by atoms with E-state index in [1.54, 1.807) is 4.90 Å². The van der Waals surface area contributed by atoms with Crippen molar-refractivity contribution in [3.63, 3.8) is 0 Å². The van der Waals surface area contributed by atoms with Gasteiger partial charge < -0.3 is 21.3 Å². The van der Waals surface area contributed by atoms with Crippen LogP contribution in [0.2, 0.25) is 0 Å². The van der Waals surface area contributed by atoms with Gasteiger partial charge in [-0.1, -0.05) is 26.0 Å². The number of fused-ring (bicyclic) bond motifs is 1. The Labute approximate surface area is 136 Å². The van der Waals surface area contributed by atoms with Crippen LogP contribution in [-0.2, 0) is 9.59 Å². The molecule has 2 amide bonds. The number of piperidine rings is 1. The van der Waals surface area contributed by atoms with E-state index >= 15 is 0 Å². The van der Waals surface area contributed by atoms with Gasteiger partial charge >= 0.3 is 0 Å². The topological polar surface area (TPSA) is 87.5 Å². The minimum Gasteiger partial charge on any atom is -0.369 e. The number of amides is 2. The molecule has 6 heteroatoms. The van der Waals surface area contributed by atoms with Crippen molar-refractivity contribution in [3.8, 4) is 0 Å². The van der Waals surface area contributed by atoms with Crippen LogP contribution >= 0.6 is 0 Å². The molecule has 0 radical (unpaired) electrons. The standard InChI is InChI=1S/C17H24N4O2/c1-11(2)14(18)15(22)21-9-7-17(8-10-21)16(23)19-12-5-3-4-6-13(12)20-17/h3-6,11,14,20H,7-10,18H2,1-2H3,(H,19,23). The number of carbonyl (C=O) groups is 2. The van der Waals surface area contributed by atoms with Gasteiger partial charge in [0, 0.05) is 13.1 Å². The monoisotopic (exact) mass is 316 g/mol. The van der Waals surface area contributed by atoms with Crippen molar-refractivity contribution in [2.24, 2.45) is 11.7 Å². The predicted octanol–water partition coefficient (Wildman–Crippen LogP) is 1.40. The maximum atomic E-state index is 12.6. The third-order valence-electron chi connectivity index (χ3n) is 4.92.